The lowest BCUT2D eigenvalue weighted by atomic mass is 9.79. The van der Waals surface area contributed by atoms with Gasteiger partial charge in [-0.25, -0.2) is 0 Å². The van der Waals surface area contributed by atoms with E-state index in [0.717, 1.165) is 37.2 Å². The summed E-state index contributed by atoms with van der Waals surface area (Å²) >= 11 is 0. The van der Waals surface area contributed by atoms with E-state index in [4.69, 9.17) is 14.2 Å². The molecule has 1 fully saturated rings. The third-order valence-electron chi connectivity index (χ3n) is 4.76. The van der Waals surface area contributed by atoms with Crippen LogP contribution >= 0.6 is 12.4 Å². The van der Waals surface area contributed by atoms with Crippen molar-refractivity contribution in [2.75, 3.05) is 40.5 Å². The lowest BCUT2D eigenvalue weighted by Gasteiger charge is -2.37. The second kappa shape index (κ2) is 11.4. The second-order valence-corrected chi connectivity index (χ2v) is 6.71. The van der Waals surface area contributed by atoms with Gasteiger partial charge in [0.05, 0.1) is 20.3 Å². The summed E-state index contributed by atoms with van der Waals surface area (Å²) in [6, 6.07) is 7.66. The molecule has 26 heavy (non-hydrogen) atoms. The van der Waals surface area contributed by atoms with Gasteiger partial charge in [-0.2, -0.15) is 0 Å². The van der Waals surface area contributed by atoms with Gasteiger partial charge in [0.2, 0.25) is 5.91 Å². The van der Waals surface area contributed by atoms with Gasteiger partial charge in [-0.1, -0.05) is 12.1 Å². The van der Waals surface area contributed by atoms with Crippen molar-refractivity contribution >= 4 is 18.3 Å². The predicted octanol–water partition coefficient (Wildman–Crippen LogP) is 2.15. The summed E-state index contributed by atoms with van der Waals surface area (Å²) < 4.78 is 16.3. The molecule has 1 aromatic carbocycles. The van der Waals surface area contributed by atoms with Crippen molar-refractivity contribution in [3.05, 3.63) is 29.8 Å². The minimum atomic E-state index is -0.507. The molecule has 1 aliphatic heterocycles. The Labute approximate surface area is 162 Å². The van der Waals surface area contributed by atoms with Gasteiger partial charge < -0.3 is 24.8 Å². The van der Waals surface area contributed by atoms with Gasteiger partial charge in [0, 0.05) is 19.1 Å². The number of hydrogen-bond acceptors (Lipinski definition) is 5. The zero-order valence-corrected chi connectivity index (χ0v) is 16.7. The molecule has 1 saturated heterocycles. The Morgan fingerprint density at radius 1 is 1.31 bits per heavy atom. The number of carbonyl (C=O) groups is 1. The number of hydrogen-bond donors (Lipinski definition) is 2. The summed E-state index contributed by atoms with van der Waals surface area (Å²) in [7, 11) is 3.35. The minimum Gasteiger partial charge on any atom is -0.497 e. The fraction of sp³-hybridized carbons (Fsp3) is 0.632. The lowest BCUT2D eigenvalue weighted by Crippen LogP contribution is -2.48. The molecule has 0 aromatic heterocycles. The highest BCUT2D eigenvalue weighted by atomic mass is 35.5. The van der Waals surface area contributed by atoms with Crippen LogP contribution in [0.4, 0.5) is 0 Å². The Kier molecular flexibility index (Phi) is 9.94. The number of piperidine rings is 1. The normalized spacial score (nSPS) is 17.0. The molecular formula is C19H31ClN2O4. The van der Waals surface area contributed by atoms with Gasteiger partial charge in [-0.05, 0) is 50.6 Å². The van der Waals surface area contributed by atoms with Gasteiger partial charge in [0.25, 0.3) is 0 Å². The number of benzene rings is 1. The van der Waals surface area contributed by atoms with Crippen molar-refractivity contribution < 1.29 is 19.0 Å². The Morgan fingerprint density at radius 3 is 2.69 bits per heavy atom. The second-order valence-electron chi connectivity index (χ2n) is 6.71. The van der Waals surface area contributed by atoms with Crippen LogP contribution in [0.3, 0.4) is 0 Å². The van der Waals surface area contributed by atoms with Crippen molar-refractivity contribution in [1.82, 2.24) is 10.6 Å². The minimum absolute atomic E-state index is 0. The molecule has 1 aromatic rings. The first kappa shape index (κ1) is 22.7. The molecule has 0 spiro atoms. The third-order valence-corrected chi connectivity index (χ3v) is 4.76. The fourth-order valence-electron chi connectivity index (χ4n) is 3.11. The molecule has 7 heteroatoms. The van der Waals surface area contributed by atoms with E-state index in [-0.39, 0.29) is 23.7 Å². The highest BCUT2D eigenvalue weighted by Gasteiger charge is 2.33. The Hall–Kier alpha value is -1.34. The predicted molar refractivity (Wildman–Crippen MR) is 104 cm³/mol. The molecule has 1 heterocycles. The highest BCUT2D eigenvalue weighted by Crippen LogP contribution is 2.28. The van der Waals surface area contributed by atoms with E-state index in [1.165, 1.54) is 0 Å². The number of carbonyl (C=O) groups excluding carboxylic acids is 1. The molecule has 2 N–H and O–H groups in total. The molecule has 0 saturated carbocycles. The first-order valence-corrected chi connectivity index (χ1v) is 8.80. The maximum atomic E-state index is 12.4. The smallest absolute Gasteiger partial charge is 0.248 e. The average molecular weight is 387 g/mol. The Morgan fingerprint density at radius 2 is 2.04 bits per heavy atom. The van der Waals surface area contributed by atoms with Crippen molar-refractivity contribution in [2.45, 2.75) is 32.5 Å². The van der Waals surface area contributed by atoms with Crippen LogP contribution < -0.4 is 15.4 Å². The molecule has 148 valence electrons. The van der Waals surface area contributed by atoms with E-state index in [2.05, 4.69) is 10.6 Å². The number of halogens is 1. The molecule has 1 aliphatic rings. The number of methoxy groups -OCH3 is 2. The monoisotopic (exact) mass is 386 g/mol. The molecule has 0 aliphatic carbocycles. The van der Waals surface area contributed by atoms with E-state index in [1.807, 2.05) is 24.3 Å². The first-order chi connectivity index (χ1) is 12.1. The quantitative estimate of drug-likeness (QED) is 0.680. The number of amides is 1. The summed E-state index contributed by atoms with van der Waals surface area (Å²) in [5.74, 6) is 0.697. The maximum absolute atomic E-state index is 12.4. The van der Waals surface area contributed by atoms with Crippen LogP contribution in [0.2, 0.25) is 0 Å². The van der Waals surface area contributed by atoms with E-state index < -0.39 is 6.10 Å². The average Bonchev–Trinajstić information content (AvgIpc) is 2.65. The van der Waals surface area contributed by atoms with Gasteiger partial charge in [-0.15, -0.1) is 12.4 Å². The van der Waals surface area contributed by atoms with Crippen LogP contribution in [0.1, 0.15) is 25.3 Å². The van der Waals surface area contributed by atoms with E-state index in [9.17, 15) is 4.79 Å². The van der Waals surface area contributed by atoms with Crippen LogP contribution in [0.15, 0.2) is 24.3 Å². The van der Waals surface area contributed by atoms with Gasteiger partial charge in [-0.3, -0.25) is 4.79 Å². The zero-order valence-electron chi connectivity index (χ0n) is 15.9. The Bertz CT molecular complexity index is 545. The number of nitrogens with one attached hydrogen (secondary N) is 2. The maximum Gasteiger partial charge on any atom is 0.248 e. The number of ether oxygens (including phenoxy) is 3. The third kappa shape index (κ3) is 6.76. The summed E-state index contributed by atoms with van der Waals surface area (Å²) in [6.07, 6.45) is 1.49. The van der Waals surface area contributed by atoms with Crippen LogP contribution in [0.5, 0.6) is 5.75 Å². The topological polar surface area (TPSA) is 68.8 Å². The summed E-state index contributed by atoms with van der Waals surface area (Å²) in [6.45, 7) is 5.35. The van der Waals surface area contributed by atoms with Gasteiger partial charge in [0.15, 0.2) is 0 Å². The van der Waals surface area contributed by atoms with Crippen LogP contribution in [0, 0.1) is 5.41 Å². The largest absolute Gasteiger partial charge is 0.497 e. The summed E-state index contributed by atoms with van der Waals surface area (Å²) in [5.41, 5.74) is 0.996. The standard InChI is InChI=1S/C19H30N2O4.ClH/c1-15(25-12-16-5-4-6-17(11-16)24-3)18(22)21-13-19(14-23-2)7-9-20-10-8-19;/h4-6,11,15,20H,7-10,12-14H2,1-3H3,(H,21,22);1H. The van der Waals surface area contributed by atoms with Crippen LogP contribution in [-0.2, 0) is 20.9 Å². The molecule has 6 nitrogen and oxygen atoms in total. The first-order valence-electron chi connectivity index (χ1n) is 8.80. The summed E-state index contributed by atoms with van der Waals surface area (Å²) in [4.78, 5) is 12.4. The Balaban J connectivity index is 0.00000338. The van der Waals surface area contributed by atoms with Crippen LogP contribution in [0.25, 0.3) is 0 Å². The molecule has 0 radical (unpaired) electrons. The van der Waals surface area contributed by atoms with Crippen molar-refractivity contribution in [1.29, 1.82) is 0 Å². The van der Waals surface area contributed by atoms with E-state index >= 15 is 0 Å². The van der Waals surface area contributed by atoms with Gasteiger partial charge >= 0.3 is 0 Å². The van der Waals surface area contributed by atoms with Gasteiger partial charge in [0.1, 0.15) is 11.9 Å². The highest BCUT2D eigenvalue weighted by molar-refractivity contribution is 5.85. The molecule has 1 unspecified atom stereocenters. The number of rotatable bonds is 9. The summed E-state index contributed by atoms with van der Waals surface area (Å²) in [5, 5.41) is 6.39. The van der Waals surface area contributed by atoms with Crippen LogP contribution in [-0.4, -0.2) is 52.5 Å². The molecular weight excluding hydrogens is 356 g/mol. The molecule has 1 atom stereocenters. The van der Waals surface area contributed by atoms with Crippen molar-refractivity contribution in [3.63, 3.8) is 0 Å². The van der Waals surface area contributed by atoms with Crippen molar-refractivity contribution in [3.8, 4) is 5.75 Å². The van der Waals surface area contributed by atoms with Crippen molar-refractivity contribution in [2.24, 2.45) is 5.41 Å². The van der Waals surface area contributed by atoms with E-state index in [1.54, 1.807) is 21.1 Å². The molecule has 2 rings (SSSR count). The SMILES string of the molecule is COCC1(CNC(=O)C(C)OCc2cccc(OC)c2)CCNCC1.Cl. The zero-order chi connectivity index (χ0) is 18.1. The molecule has 1 amide bonds. The fourth-order valence-corrected chi connectivity index (χ4v) is 3.11. The lowest BCUT2D eigenvalue weighted by molar-refractivity contribution is -0.133. The molecule has 0 bridgehead atoms. The van der Waals surface area contributed by atoms with E-state index in [0.29, 0.717) is 19.8 Å².